The standard InChI is InChI=1S/C26H30FN7O/c1-15-3-4-17(12-31-15)35-25-32-21-11-18-19(9-16(27)10-20(18)29-2)23(21)24(33-25)34-13-22(30-8-7-28)26(14-34)5-6-26/h3-4,9-10,12,22,29-30H,5-8,11,13-14,28H2,1-2H3/t22-/m1/s1. The van der Waals surface area contributed by atoms with Crippen LogP contribution in [0.1, 0.15) is 29.8 Å². The van der Waals surface area contributed by atoms with E-state index in [1.807, 2.05) is 26.1 Å². The van der Waals surface area contributed by atoms with Gasteiger partial charge in [0.1, 0.15) is 17.4 Å². The number of fused-ring (bicyclic) bond motifs is 3. The van der Waals surface area contributed by atoms with Crippen molar-refractivity contribution in [1.82, 2.24) is 20.3 Å². The summed E-state index contributed by atoms with van der Waals surface area (Å²) in [5.74, 6) is 1.11. The quantitative estimate of drug-likeness (QED) is 0.375. The molecule has 1 atom stereocenters. The van der Waals surface area contributed by atoms with Crippen LogP contribution in [0, 0.1) is 18.2 Å². The van der Waals surface area contributed by atoms with Crippen molar-refractivity contribution in [3.05, 3.63) is 53.2 Å². The summed E-state index contributed by atoms with van der Waals surface area (Å²) in [7, 11) is 1.81. The Morgan fingerprint density at radius 3 is 2.83 bits per heavy atom. The first-order valence-corrected chi connectivity index (χ1v) is 12.2. The van der Waals surface area contributed by atoms with E-state index in [0.717, 1.165) is 59.2 Å². The summed E-state index contributed by atoms with van der Waals surface area (Å²) >= 11 is 0. The number of nitrogens with two attached hydrogens (primary N) is 1. The highest BCUT2D eigenvalue weighted by Gasteiger charge is 2.55. The number of aromatic nitrogens is 3. The van der Waals surface area contributed by atoms with Gasteiger partial charge in [-0.3, -0.25) is 4.98 Å². The van der Waals surface area contributed by atoms with Crippen LogP contribution < -0.4 is 26.0 Å². The van der Waals surface area contributed by atoms with E-state index in [1.54, 1.807) is 12.3 Å². The molecule has 9 heteroatoms. The smallest absolute Gasteiger partial charge is 0.324 e. The molecule has 35 heavy (non-hydrogen) atoms. The van der Waals surface area contributed by atoms with Crippen molar-refractivity contribution in [1.29, 1.82) is 0 Å². The Morgan fingerprint density at radius 1 is 1.26 bits per heavy atom. The number of pyridine rings is 1. The Hall–Kier alpha value is -3.30. The molecule has 1 aliphatic heterocycles. The Bertz CT molecular complexity index is 1280. The fourth-order valence-corrected chi connectivity index (χ4v) is 5.55. The number of nitrogens with zero attached hydrogens (tertiary/aromatic N) is 4. The monoisotopic (exact) mass is 475 g/mol. The van der Waals surface area contributed by atoms with Crippen molar-refractivity contribution in [3.63, 3.8) is 0 Å². The number of aryl methyl sites for hydroxylation is 1. The molecule has 182 valence electrons. The average molecular weight is 476 g/mol. The van der Waals surface area contributed by atoms with E-state index in [2.05, 4.69) is 20.5 Å². The first-order chi connectivity index (χ1) is 17.0. The predicted molar refractivity (Wildman–Crippen MR) is 134 cm³/mol. The number of rotatable bonds is 7. The average Bonchev–Trinajstić information content (AvgIpc) is 3.40. The van der Waals surface area contributed by atoms with E-state index < -0.39 is 0 Å². The maximum atomic E-state index is 14.6. The molecule has 2 fully saturated rings. The minimum Gasteiger partial charge on any atom is -0.423 e. The highest BCUT2D eigenvalue weighted by Crippen LogP contribution is 2.55. The lowest BCUT2D eigenvalue weighted by Gasteiger charge is -2.22. The molecule has 2 aliphatic carbocycles. The van der Waals surface area contributed by atoms with Gasteiger partial charge >= 0.3 is 6.01 Å². The lowest BCUT2D eigenvalue weighted by Crippen LogP contribution is -2.40. The summed E-state index contributed by atoms with van der Waals surface area (Å²) < 4.78 is 20.7. The van der Waals surface area contributed by atoms with Crippen LogP contribution in [0.2, 0.25) is 0 Å². The second-order valence-corrected chi connectivity index (χ2v) is 9.83. The molecule has 2 aromatic heterocycles. The summed E-state index contributed by atoms with van der Waals surface area (Å²) in [6.45, 7) is 5.04. The highest BCUT2D eigenvalue weighted by molar-refractivity contribution is 5.88. The number of ether oxygens (including phenoxy) is 1. The van der Waals surface area contributed by atoms with E-state index in [0.29, 0.717) is 24.8 Å². The van der Waals surface area contributed by atoms with E-state index >= 15 is 0 Å². The molecule has 0 amide bonds. The van der Waals surface area contributed by atoms with Crippen LogP contribution in [0.3, 0.4) is 0 Å². The molecule has 0 unspecified atom stereocenters. The molecule has 1 aromatic carbocycles. The van der Waals surface area contributed by atoms with Gasteiger partial charge in [0.15, 0.2) is 0 Å². The van der Waals surface area contributed by atoms with Crippen molar-refractivity contribution < 1.29 is 9.13 Å². The Kier molecular flexibility index (Phi) is 5.34. The lowest BCUT2D eigenvalue weighted by molar-refractivity contribution is 0.414. The van der Waals surface area contributed by atoms with Crippen LogP contribution >= 0.6 is 0 Å². The normalized spacial score (nSPS) is 19.1. The number of nitrogens with one attached hydrogen (secondary N) is 2. The number of halogens is 1. The fraction of sp³-hybridized carbons (Fsp3) is 0.423. The Balaban J connectivity index is 1.43. The van der Waals surface area contributed by atoms with Crippen LogP contribution in [0.4, 0.5) is 15.9 Å². The number of benzene rings is 1. The van der Waals surface area contributed by atoms with Gasteiger partial charge in [0.2, 0.25) is 0 Å². The lowest BCUT2D eigenvalue weighted by atomic mass is 10.0. The maximum absolute atomic E-state index is 14.6. The minimum absolute atomic E-state index is 0.244. The molecule has 0 radical (unpaired) electrons. The molecular weight excluding hydrogens is 445 g/mol. The number of hydrogen-bond donors (Lipinski definition) is 3. The molecule has 4 N–H and O–H groups in total. The topological polar surface area (TPSA) is 101 Å². The molecule has 3 aromatic rings. The van der Waals surface area contributed by atoms with E-state index in [4.69, 9.17) is 20.4 Å². The molecule has 8 nitrogen and oxygen atoms in total. The van der Waals surface area contributed by atoms with Crippen molar-refractivity contribution >= 4 is 11.5 Å². The third kappa shape index (κ3) is 3.88. The van der Waals surface area contributed by atoms with Gasteiger partial charge in [0.05, 0.1) is 11.9 Å². The van der Waals surface area contributed by atoms with Crippen LogP contribution in [-0.2, 0) is 6.42 Å². The molecule has 6 rings (SSSR count). The van der Waals surface area contributed by atoms with E-state index in [9.17, 15) is 4.39 Å². The van der Waals surface area contributed by atoms with Crippen LogP contribution in [0.25, 0.3) is 11.1 Å². The van der Waals surface area contributed by atoms with Crippen molar-refractivity contribution in [2.45, 2.75) is 32.2 Å². The summed E-state index contributed by atoms with van der Waals surface area (Å²) in [6, 6.07) is 7.54. The van der Waals surface area contributed by atoms with Gasteiger partial charge < -0.3 is 26.0 Å². The first kappa shape index (κ1) is 22.2. The summed E-state index contributed by atoms with van der Waals surface area (Å²) in [5.41, 5.74) is 11.3. The minimum atomic E-state index is -0.277. The van der Waals surface area contributed by atoms with Gasteiger partial charge in [-0.15, -0.1) is 0 Å². The molecule has 1 saturated carbocycles. The van der Waals surface area contributed by atoms with Crippen molar-refractivity contribution in [2.75, 3.05) is 43.4 Å². The second-order valence-electron chi connectivity index (χ2n) is 9.83. The number of anilines is 2. The molecule has 3 heterocycles. The zero-order valence-electron chi connectivity index (χ0n) is 20.1. The van der Waals surface area contributed by atoms with Gasteiger partial charge in [0, 0.05) is 68.0 Å². The second kappa shape index (κ2) is 8.42. The van der Waals surface area contributed by atoms with Gasteiger partial charge in [-0.2, -0.15) is 9.97 Å². The van der Waals surface area contributed by atoms with Gasteiger partial charge in [-0.1, -0.05) is 0 Å². The zero-order valence-corrected chi connectivity index (χ0v) is 20.1. The van der Waals surface area contributed by atoms with Crippen LogP contribution in [0.5, 0.6) is 11.8 Å². The van der Waals surface area contributed by atoms with Gasteiger partial charge in [-0.25, -0.2) is 4.39 Å². The summed E-state index contributed by atoms with van der Waals surface area (Å²) in [5, 5.41) is 6.78. The predicted octanol–water partition coefficient (Wildman–Crippen LogP) is 3.24. The third-order valence-corrected chi connectivity index (χ3v) is 7.51. The Morgan fingerprint density at radius 2 is 2.11 bits per heavy atom. The molecular formula is C26H30FN7O. The van der Waals surface area contributed by atoms with Crippen molar-refractivity contribution in [3.8, 4) is 22.9 Å². The molecule has 3 aliphatic rings. The van der Waals surface area contributed by atoms with E-state index in [-0.39, 0.29) is 17.2 Å². The molecule has 0 bridgehead atoms. The van der Waals surface area contributed by atoms with Crippen LogP contribution in [-0.4, -0.2) is 54.2 Å². The van der Waals surface area contributed by atoms with Crippen LogP contribution in [0.15, 0.2) is 30.5 Å². The van der Waals surface area contributed by atoms with Crippen molar-refractivity contribution in [2.24, 2.45) is 11.1 Å². The molecule has 1 spiro atoms. The zero-order chi connectivity index (χ0) is 24.2. The summed E-state index contributed by atoms with van der Waals surface area (Å²) in [6.07, 6.45) is 4.64. The first-order valence-electron chi connectivity index (χ1n) is 12.2. The summed E-state index contributed by atoms with van der Waals surface area (Å²) in [4.78, 5) is 16.3. The van der Waals surface area contributed by atoms with Gasteiger partial charge in [0.25, 0.3) is 0 Å². The van der Waals surface area contributed by atoms with E-state index in [1.165, 1.54) is 18.9 Å². The fourth-order valence-electron chi connectivity index (χ4n) is 5.55. The van der Waals surface area contributed by atoms with Gasteiger partial charge in [-0.05, 0) is 55.2 Å². The SMILES string of the molecule is CNc1cc(F)cc2c1Cc1nc(Oc3ccc(C)nc3)nc(N3C[C@@H](NCCN)C4(CC4)C3)c1-2. The molecule has 1 saturated heterocycles. The highest BCUT2D eigenvalue weighted by atomic mass is 19.1. The Labute approximate surface area is 204 Å². The maximum Gasteiger partial charge on any atom is 0.324 e. The number of hydrogen-bond acceptors (Lipinski definition) is 8. The third-order valence-electron chi connectivity index (χ3n) is 7.51. The largest absolute Gasteiger partial charge is 0.423 e.